The van der Waals surface area contributed by atoms with Gasteiger partial charge in [-0.25, -0.2) is 0 Å². The van der Waals surface area contributed by atoms with E-state index in [-0.39, 0.29) is 58.5 Å². The quantitative estimate of drug-likeness (QED) is 0.263. The fraction of sp³-hybridized carbons (Fsp3) is 0.222. The van der Waals surface area contributed by atoms with Crippen LogP contribution in [0.5, 0.6) is 40.2 Å². The van der Waals surface area contributed by atoms with Gasteiger partial charge in [0.15, 0.2) is 28.4 Å². The van der Waals surface area contributed by atoms with Crippen LogP contribution >= 0.6 is 0 Å². The molecule has 1 aromatic heterocycles. The van der Waals surface area contributed by atoms with Gasteiger partial charge >= 0.3 is 0 Å². The molecule has 1 heterocycles. The number of aliphatic hydroxyl groups excluding tert-OH is 1. The van der Waals surface area contributed by atoms with Crippen LogP contribution in [0.1, 0.15) is 5.56 Å². The third kappa shape index (κ3) is 5.19. The van der Waals surface area contributed by atoms with Crippen molar-refractivity contribution in [2.24, 2.45) is 0 Å². The van der Waals surface area contributed by atoms with Gasteiger partial charge in [-0.15, -0.1) is 0 Å². The van der Waals surface area contributed by atoms with Crippen molar-refractivity contribution >= 4 is 11.0 Å². The van der Waals surface area contributed by atoms with Crippen LogP contribution in [0.3, 0.4) is 0 Å². The molecule has 0 radical (unpaired) electrons. The van der Waals surface area contributed by atoms with Crippen molar-refractivity contribution in [3.05, 3.63) is 64.3 Å². The van der Waals surface area contributed by atoms with Gasteiger partial charge in [0.25, 0.3) is 0 Å². The van der Waals surface area contributed by atoms with Gasteiger partial charge in [-0.3, -0.25) is 4.79 Å². The number of aromatic hydroxyl groups is 3. The Kier molecular flexibility index (Phi) is 7.30. The molecular formula is C27H26O10. The number of methoxy groups -OCH3 is 3. The van der Waals surface area contributed by atoms with Gasteiger partial charge < -0.3 is 43.8 Å². The van der Waals surface area contributed by atoms with Gasteiger partial charge in [0.2, 0.25) is 5.75 Å². The Hall–Kier alpha value is -4.57. The van der Waals surface area contributed by atoms with Crippen molar-refractivity contribution in [3.8, 4) is 51.6 Å². The van der Waals surface area contributed by atoms with Crippen LogP contribution in [-0.4, -0.2) is 54.5 Å². The van der Waals surface area contributed by atoms with E-state index < -0.39 is 17.3 Å². The maximum Gasteiger partial charge on any atom is 0.203 e. The van der Waals surface area contributed by atoms with E-state index in [1.54, 1.807) is 24.3 Å². The zero-order valence-corrected chi connectivity index (χ0v) is 20.3. The van der Waals surface area contributed by atoms with E-state index in [1.807, 2.05) is 0 Å². The Labute approximate surface area is 211 Å². The van der Waals surface area contributed by atoms with E-state index in [0.29, 0.717) is 11.3 Å². The number of fused-ring (bicyclic) bond motifs is 1. The van der Waals surface area contributed by atoms with Gasteiger partial charge in [-0.05, 0) is 29.8 Å². The van der Waals surface area contributed by atoms with Crippen molar-refractivity contribution in [1.29, 1.82) is 0 Å². The summed E-state index contributed by atoms with van der Waals surface area (Å²) in [6, 6.07) is 11.5. The Bertz CT molecular complexity index is 1470. The molecule has 3 aromatic carbocycles. The molecule has 1 atom stereocenters. The summed E-state index contributed by atoms with van der Waals surface area (Å²) >= 11 is 0. The van der Waals surface area contributed by atoms with Crippen molar-refractivity contribution in [2.75, 3.05) is 27.9 Å². The lowest BCUT2D eigenvalue weighted by Crippen LogP contribution is -2.24. The normalized spacial score (nSPS) is 11.8. The first-order valence-corrected chi connectivity index (χ1v) is 11.2. The summed E-state index contributed by atoms with van der Waals surface area (Å²) in [6.07, 6.45) is -0.416. The second kappa shape index (κ2) is 10.6. The minimum absolute atomic E-state index is 0.00240. The van der Waals surface area contributed by atoms with Crippen LogP contribution in [-0.2, 0) is 6.42 Å². The molecule has 0 saturated heterocycles. The average molecular weight is 510 g/mol. The topological polar surface area (TPSA) is 148 Å². The number of phenolic OH excluding ortho intramolecular Hbond substituents is 3. The number of hydrogen-bond acceptors (Lipinski definition) is 10. The largest absolute Gasteiger partial charge is 0.508 e. The molecule has 0 aliphatic carbocycles. The van der Waals surface area contributed by atoms with Gasteiger partial charge in [0.05, 0.1) is 27.9 Å². The molecule has 0 saturated carbocycles. The molecule has 4 aromatic rings. The fourth-order valence-electron chi connectivity index (χ4n) is 3.96. The monoisotopic (exact) mass is 510 g/mol. The van der Waals surface area contributed by atoms with Crippen LogP contribution in [0.25, 0.3) is 22.3 Å². The Morgan fingerprint density at radius 2 is 1.51 bits per heavy atom. The van der Waals surface area contributed by atoms with E-state index in [0.717, 1.165) is 11.6 Å². The number of hydrogen-bond donors (Lipinski definition) is 4. The minimum Gasteiger partial charge on any atom is -0.508 e. The number of ether oxygens (including phenoxy) is 4. The molecule has 4 N–H and O–H groups in total. The zero-order valence-electron chi connectivity index (χ0n) is 20.3. The zero-order chi connectivity index (χ0) is 26.7. The first kappa shape index (κ1) is 25.5. The summed E-state index contributed by atoms with van der Waals surface area (Å²) in [5.74, 6) is 0.498. The molecule has 10 nitrogen and oxygen atoms in total. The highest BCUT2D eigenvalue weighted by atomic mass is 16.5. The van der Waals surface area contributed by atoms with Crippen molar-refractivity contribution in [3.63, 3.8) is 0 Å². The Morgan fingerprint density at radius 1 is 0.838 bits per heavy atom. The summed E-state index contributed by atoms with van der Waals surface area (Å²) in [6.45, 7) is -0.330. The lowest BCUT2D eigenvalue weighted by Gasteiger charge is -2.21. The van der Waals surface area contributed by atoms with Crippen molar-refractivity contribution < 1.29 is 43.8 Å². The summed E-state index contributed by atoms with van der Waals surface area (Å²) < 4.78 is 28.0. The molecular weight excluding hydrogens is 484 g/mol. The van der Waals surface area contributed by atoms with Crippen LogP contribution in [0.4, 0.5) is 0 Å². The van der Waals surface area contributed by atoms with Crippen LogP contribution < -0.4 is 24.4 Å². The van der Waals surface area contributed by atoms with Crippen LogP contribution in [0.2, 0.25) is 0 Å². The molecule has 0 aliphatic rings. The lowest BCUT2D eigenvalue weighted by atomic mass is 10.1. The summed E-state index contributed by atoms with van der Waals surface area (Å²) in [5.41, 5.74) is 0.666. The predicted octanol–water partition coefficient (Wildman–Crippen LogP) is 3.59. The average Bonchev–Trinajstić information content (AvgIpc) is 2.88. The second-order valence-electron chi connectivity index (χ2n) is 8.16. The molecule has 194 valence electrons. The molecule has 0 unspecified atom stereocenters. The maximum absolute atomic E-state index is 12.7. The minimum atomic E-state index is -0.701. The molecule has 0 fully saturated rings. The predicted molar refractivity (Wildman–Crippen MR) is 134 cm³/mol. The first-order chi connectivity index (χ1) is 17.8. The molecule has 0 amide bonds. The van der Waals surface area contributed by atoms with Gasteiger partial charge in [0.1, 0.15) is 34.3 Å². The summed E-state index contributed by atoms with van der Waals surface area (Å²) in [5, 5.41) is 39.6. The highest BCUT2D eigenvalue weighted by molar-refractivity contribution is 5.86. The van der Waals surface area contributed by atoms with E-state index >= 15 is 0 Å². The van der Waals surface area contributed by atoms with E-state index in [4.69, 9.17) is 23.4 Å². The highest BCUT2D eigenvalue weighted by Crippen LogP contribution is 2.43. The van der Waals surface area contributed by atoms with Crippen molar-refractivity contribution in [1.82, 2.24) is 0 Å². The molecule has 0 spiro atoms. The third-order valence-corrected chi connectivity index (χ3v) is 5.74. The van der Waals surface area contributed by atoms with Gasteiger partial charge in [-0.2, -0.15) is 0 Å². The van der Waals surface area contributed by atoms with Crippen LogP contribution in [0.15, 0.2) is 57.7 Å². The highest BCUT2D eigenvalue weighted by Gasteiger charge is 2.22. The number of benzene rings is 3. The molecule has 37 heavy (non-hydrogen) atoms. The fourth-order valence-corrected chi connectivity index (χ4v) is 3.96. The summed E-state index contributed by atoms with van der Waals surface area (Å²) in [4.78, 5) is 12.7. The third-order valence-electron chi connectivity index (χ3n) is 5.74. The second-order valence-corrected chi connectivity index (χ2v) is 8.16. The smallest absolute Gasteiger partial charge is 0.203 e. The molecule has 10 heteroatoms. The Morgan fingerprint density at radius 3 is 2.14 bits per heavy atom. The van der Waals surface area contributed by atoms with Crippen LogP contribution in [0, 0.1) is 0 Å². The first-order valence-electron chi connectivity index (χ1n) is 11.2. The summed E-state index contributed by atoms with van der Waals surface area (Å²) in [7, 11) is 4.30. The van der Waals surface area contributed by atoms with Gasteiger partial charge in [-0.1, -0.05) is 6.07 Å². The standard InChI is InChI=1S/C27H26O10/c1-33-22-7-14(4-5-18(22)30)6-17(13-28)36-27-24(34-2)8-15(9-25(27)35-3)21-12-20(32)26-19(31)10-16(29)11-23(26)37-21/h4-5,7-12,17,28-31H,6,13H2,1-3H3/t17-/m0/s1. The van der Waals surface area contributed by atoms with Crippen molar-refractivity contribution in [2.45, 2.75) is 12.5 Å². The maximum atomic E-state index is 12.7. The van der Waals surface area contributed by atoms with E-state index in [1.165, 1.54) is 39.5 Å². The molecule has 0 bridgehead atoms. The van der Waals surface area contributed by atoms with Gasteiger partial charge in [0, 0.05) is 30.2 Å². The van der Waals surface area contributed by atoms with E-state index in [9.17, 15) is 25.2 Å². The SMILES string of the molecule is COc1cc(C[C@@H](CO)Oc2c(OC)cc(-c3cc(=O)c4c(O)cc(O)cc4o3)cc2OC)ccc1O. The number of rotatable bonds is 9. The van der Waals surface area contributed by atoms with E-state index in [2.05, 4.69) is 0 Å². The molecule has 4 rings (SSSR count). The number of aliphatic hydroxyl groups is 1. The lowest BCUT2D eigenvalue weighted by molar-refractivity contribution is 0.109. The number of phenols is 3. The Balaban J connectivity index is 1.71. The molecule has 0 aliphatic heterocycles.